The summed E-state index contributed by atoms with van der Waals surface area (Å²) >= 11 is 1.39. The van der Waals surface area contributed by atoms with Crippen LogP contribution in [-0.2, 0) is 11.8 Å². The molecule has 0 radical (unpaired) electrons. The van der Waals surface area contributed by atoms with Gasteiger partial charge in [-0.25, -0.2) is 4.39 Å². The summed E-state index contributed by atoms with van der Waals surface area (Å²) in [7, 11) is 0. The van der Waals surface area contributed by atoms with Gasteiger partial charge in [0.2, 0.25) is 0 Å². The monoisotopic (exact) mass is 279 g/mol. The SMILES string of the molecule is CC(C)(C)N1CC2(C1)c1c(sc(N)c1C#N)CC2F. The number of halogens is 1. The van der Waals surface area contributed by atoms with E-state index in [0.29, 0.717) is 30.1 Å². The molecule has 1 saturated heterocycles. The lowest BCUT2D eigenvalue weighted by molar-refractivity contribution is -0.0425. The Bertz CT molecular complexity index is 573. The van der Waals surface area contributed by atoms with E-state index in [9.17, 15) is 9.65 Å². The predicted octanol–water partition coefficient (Wildman–Crippen LogP) is 2.45. The van der Waals surface area contributed by atoms with E-state index >= 15 is 0 Å². The molecular formula is C14H18FN3S. The van der Waals surface area contributed by atoms with Crippen molar-refractivity contribution in [3.05, 3.63) is 16.0 Å². The van der Waals surface area contributed by atoms with Gasteiger partial charge < -0.3 is 5.73 Å². The summed E-state index contributed by atoms with van der Waals surface area (Å²) < 4.78 is 14.5. The highest BCUT2D eigenvalue weighted by Gasteiger charge is 2.59. The van der Waals surface area contributed by atoms with Crippen LogP contribution in [0.1, 0.15) is 36.8 Å². The second-order valence-corrected chi connectivity index (χ2v) is 7.74. The van der Waals surface area contributed by atoms with Gasteiger partial charge in [-0.2, -0.15) is 5.26 Å². The van der Waals surface area contributed by atoms with Crippen LogP contribution in [0.25, 0.3) is 0 Å². The van der Waals surface area contributed by atoms with Crippen LogP contribution in [0.4, 0.5) is 9.39 Å². The molecule has 2 heterocycles. The van der Waals surface area contributed by atoms with Crippen LogP contribution in [0, 0.1) is 11.3 Å². The number of nitrogen functional groups attached to an aromatic ring is 1. The van der Waals surface area contributed by atoms with Crippen LogP contribution in [0.5, 0.6) is 0 Å². The fraction of sp³-hybridized carbons (Fsp3) is 0.643. The largest absolute Gasteiger partial charge is 0.389 e. The minimum atomic E-state index is -0.875. The highest BCUT2D eigenvalue weighted by molar-refractivity contribution is 7.16. The molecule has 1 unspecified atom stereocenters. The molecule has 102 valence electrons. The van der Waals surface area contributed by atoms with Crippen molar-refractivity contribution in [1.29, 1.82) is 5.26 Å². The van der Waals surface area contributed by atoms with Gasteiger partial charge in [0.1, 0.15) is 17.2 Å². The first kappa shape index (κ1) is 12.9. The van der Waals surface area contributed by atoms with Crippen molar-refractivity contribution >= 4 is 16.3 Å². The molecule has 5 heteroatoms. The lowest BCUT2D eigenvalue weighted by Gasteiger charge is -2.55. The van der Waals surface area contributed by atoms with Crippen LogP contribution in [-0.4, -0.2) is 29.7 Å². The summed E-state index contributed by atoms with van der Waals surface area (Å²) in [5.74, 6) is 0. The molecule has 1 aromatic heterocycles. The maximum Gasteiger partial charge on any atom is 0.117 e. The Hall–Kier alpha value is -1.12. The van der Waals surface area contributed by atoms with Gasteiger partial charge in [0.25, 0.3) is 0 Å². The lowest BCUT2D eigenvalue weighted by atomic mass is 9.71. The molecule has 0 aromatic carbocycles. The van der Waals surface area contributed by atoms with Crippen molar-refractivity contribution < 1.29 is 4.39 Å². The molecule has 2 N–H and O–H groups in total. The summed E-state index contributed by atoms with van der Waals surface area (Å²) in [5.41, 5.74) is 6.88. The Labute approximate surface area is 116 Å². The van der Waals surface area contributed by atoms with Crippen LogP contribution in [0.2, 0.25) is 0 Å². The molecule has 0 amide bonds. The highest BCUT2D eigenvalue weighted by atomic mass is 32.1. The number of anilines is 1. The van der Waals surface area contributed by atoms with E-state index in [-0.39, 0.29) is 5.54 Å². The van der Waals surface area contributed by atoms with Crippen LogP contribution >= 0.6 is 11.3 Å². The number of rotatable bonds is 0. The van der Waals surface area contributed by atoms with Crippen LogP contribution < -0.4 is 5.73 Å². The van der Waals surface area contributed by atoms with E-state index in [2.05, 4.69) is 31.7 Å². The van der Waals surface area contributed by atoms with Crippen molar-refractivity contribution in [2.45, 2.75) is 44.3 Å². The van der Waals surface area contributed by atoms with Gasteiger partial charge in [0.05, 0.1) is 11.0 Å². The van der Waals surface area contributed by atoms with Crippen molar-refractivity contribution in [2.75, 3.05) is 18.8 Å². The third-order valence-corrected chi connectivity index (χ3v) is 5.52. The topological polar surface area (TPSA) is 53.0 Å². The zero-order valence-corrected chi connectivity index (χ0v) is 12.3. The average Bonchev–Trinajstić information content (AvgIpc) is 2.65. The molecule has 0 bridgehead atoms. The maximum absolute atomic E-state index is 14.5. The summed E-state index contributed by atoms with van der Waals surface area (Å²) in [6, 6.07) is 2.17. The predicted molar refractivity (Wildman–Crippen MR) is 75.1 cm³/mol. The van der Waals surface area contributed by atoms with Gasteiger partial charge in [-0.05, 0) is 26.3 Å². The van der Waals surface area contributed by atoms with E-state index in [1.54, 1.807) is 0 Å². The zero-order chi connectivity index (χ0) is 14.0. The Morgan fingerprint density at radius 1 is 1.47 bits per heavy atom. The van der Waals surface area contributed by atoms with Gasteiger partial charge in [0, 0.05) is 29.9 Å². The molecule has 3 nitrogen and oxygen atoms in total. The number of alkyl halides is 1. The first-order valence-corrected chi connectivity index (χ1v) is 7.32. The molecule has 19 heavy (non-hydrogen) atoms. The third kappa shape index (κ3) is 1.56. The van der Waals surface area contributed by atoms with E-state index in [4.69, 9.17) is 5.73 Å². The molecule has 1 aromatic rings. The van der Waals surface area contributed by atoms with E-state index < -0.39 is 11.6 Å². The highest BCUT2D eigenvalue weighted by Crippen LogP contribution is 2.53. The van der Waals surface area contributed by atoms with Crippen molar-refractivity contribution in [3.8, 4) is 6.07 Å². The van der Waals surface area contributed by atoms with Gasteiger partial charge in [0.15, 0.2) is 0 Å². The number of nitrogens with two attached hydrogens (primary N) is 1. The molecule has 1 fully saturated rings. The first-order chi connectivity index (χ1) is 8.79. The number of hydrogen-bond acceptors (Lipinski definition) is 4. The zero-order valence-electron chi connectivity index (χ0n) is 11.5. The third-order valence-electron chi connectivity index (χ3n) is 4.48. The summed E-state index contributed by atoms with van der Waals surface area (Å²) in [5, 5.41) is 9.83. The van der Waals surface area contributed by atoms with Gasteiger partial charge in [-0.15, -0.1) is 11.3 Å². The van der Waals surface area contributed by atoms with E-state index in [1.807, 2.05) is 0 Å². The molecule has 1 aliphatic heterocycles. The molecule has 3 rings (SSSR count). The first-order valence-electron chi connectivity index (χ1n) is 6.50. The van der Waals surface area contributed by atoms with Crippen molar-refractivity contribution in [1.82, 2.24) is 4.90 Å². The normalized spacial score (nSPS) is 25.1. The smallest absolute Gasteiger partial charge is 0.117 e. The van der Waals surface area contributed by atoms with Gasteiger partial charge in [-0.1, -0.05) is 0 Å². The summed E-state index contributed by atoms with van der Waals surface area (Å²) in [4.78, 5) is 3.25. The number of likely N-dealkylation sites (tertiary alicyclic amines) is 1. The minimum absolute atomic E-state index is 0.0437. The molecular weight excluding hydrogens is 261 g/mol. The molecule has 1 spiro atoms. The Balaban J connectivity index is 2.01. The van der Waals surface area contributed by atoms with Crippen molar-refractivity contribution in [3.63, 3.8) is 0 Å². The maximum atomic E-state index is 14.5. The van der Waals surface area contributed by atoms with E-state index in [0.717, 1.165) is 10.4 Å². The Morgan fingerprint density at radius 2 is 2.11 bits per heavy atom. The Kier molecular flexibility index (Phi) is 2.52. The van der Waals surface area contributed by atoms with Crippen LogP contribution in [0.15, 0.2) is 0 Å². The quantitative estimate of drug-likeness (QED) is 0.793. The molecule has 0 saturated carbocycles. The summed E-state index contributed by atoms with van der Waals surface area (Å²) in [6.45, 7) is 7.79. The van der Waals surface area contributed by atoms with Crippen LogP contribution in [0.3, 0.4) is 0 Å². The average molecular weight is 279 g/mol. The van der Waals surface area contributed by atoms with Crippen molar-refractivity contribution in [2.24, 2.45) is 0 Å². The Morgan fingerprint density at radius 3 is 2.63 bits per heavy atom. The number of nitrogens with zero attached hydrogens (tertiary/aromatic N) is 2. The lowest BCUT2D eigenvalue weighted by Crippen LogP contribution is -2.67. The second kappa shape index (κ2) is 3.71. The van der Waals surface area contributed by atoms with Gasteiger partial charge in [-0.3, -0.25) is 4.90 Å². The number of fused-ring (bicyclic) bond motifs is 2. The van der Waals surface area contributed by atoms with E-state index in [1.165, 1.54) is 11.3 Å². The number of nitriles is 1. The van der Waals surface area contributed by atoms with Gasteiger partial charge >= 0.3 is 0 Å². The fourth-order valence-electron chi connectivity index (χ4n) is 3.26. The fourth-order valence-corrected chi connectivity index (χ4v) is 4.41. The number of thiophene rings is 1. The second-order valence-electron chi connectivity index (χ2n) is 6.61. The minimum Gasteiger partial charge on any atom is -0.389 e. The molecule has 1 aliphatic carbocycles. The number of hydrogen-bond donors (Lipinski definition) is 1. The standard InChI is InChI=1S/C14H18FN3S/c1-13(2,3)18-6-14(7-18)10(15)4-9-11(14)8(5-16)12(17)19-9/h10H,4,6-7,17H2,1-3H3. The molecule has 1 atom stereocenters. The molecule has 2 aliphatic rings. The summed E-state index contributed by atoms with van der Waals surface area (Å²) in [6.07, 6.45) is -0.454.